The summed E-state index contributed by atoms with van der Waals surface area (Å²) in [6.07, 6.45) is 3.85. The standard InChI is InChI=1S/C27H30O/c1-20(2)22(4)10-11-23(5)28-27(6,7)26-18-16-25(17-19-26)15-14-24-12-8-21(3)9-13-24/h8-13,16-20H,4-5H2,1-3,6-7H3/b11-10-. The number of allylic oxidation sites excluding steroid dienone is 3. The van der Waals surface area contributed by atoms with Crippen molar-refractivity contribution in [2.75, 3.05) is 0 Å². The van der Waals surface area contributed by atoms with E-state index >= 15 is 0 Å². The van der Waals surface area contributed by atoms with E-state index in [2.05, 4.69) is 70.0 Å². The van der Waals surface area contributed by atoms with Crippen LogP contribution in [0.3, 0.4) is 0 Å². The zero-order valence-electron chi connectivity index (χ0n) is 17.7. The Morgan fingerprint density at radius 2 is 1.39 bits per heavy atom. The van der Waals surface area contributed by atoms with E-state index in [0.29, 0.717) is 11.7 Å². The molecule has 0 atom stereocenters. The Hall–Kier alpha value is -2.98. The van der Waals surface area contributed by atoms with Gasteiger partial charge in [-0.15, -0.1) is 0 Å². The van der Waals surface area contributed by atoms with Crippen molar-refractivity contribution in [3.63, 3.8) is 0 Å². The zero-order valence-corrected chi connectivity index (χ0v) is 17.7. The summed E-state index contributed by atoms with van der Waals surface area (Å²) in [7, 11) is 0. The van der Waals surface area contributed by atoms with Crippen LogP contribution in [-0.2, 0) is 10.3 Å². The molecular weight excluding hydrogens is 340 g/mol. The maximum Gasteiger partial charge on any atom is 0.128 e. The van der Waals surface area contributed by atoms with Gasteiger partial charge < -0.3 is 4.74 Å². The Morgan fingerprint density at radius 1 is 0.893 bits per heavy atom. The van der Waals surface area contributed by atoms with Gasteiger partial charge in [-0.3, -0.25) is 0 Å². The predicted octanol–water partition coefficient (Wildman–Crippen LogP) is 6.93. The fourth-order valence-electron chi connectivity index (χ4n) is 2.55. The molecule has 2 rings (SSSR count). The summed E-state index contributed by atoms with van der Waals surface area (Å²) in [6.45, 7) is 18.4. The molecule has 0 bridgehead atoms. The second-order valence-corrected chi connectivity index (χ2v) is 7.84. The molecule has 1 heteroatoms. The van der Waals surface area contributed by atoms with Crippen LogP contribution in [0.2, 0.25) is 0 Å². The van der Waals surface area contributed by atoms with E-state index < -0.39 is 5.60 Å². The lowest BCUT2D eigenvalue weighted by atomic mass is 9.96. The van der Waals surface area contributed by atoms with Gasteiger partial charge in [0.05, 0.1) is 0 Å². The predicted molar refractivity (Wildman–Crippen MR) is 120 cm³/mol. The minimum absolute atomic E-state index is 0.408. The lowest BCUT2D eigenvalue weighted by Gasteiger charge is -2.27. The molecule has 1 nitrogen and oxygen atoms in total. The first-order valence-corrected chi connectivity index (χ1v) is 9.61. The van der Waals surface area contributed by atoms with Crippen LogP contribution in [0.25, 0.3) is 0 Å². The number of aryl methyl sites for hydroxylation is 1. The van der Waals surface area contributed by atoms with Gasteiger partial charge in [-0.25, -0.2) is 0 Å². The van der Waals surface area contributed by atoms with Gasteiger partial charge in [0.15, 0.2) is 0 Å². The van der Waals surface area contributed by atoms with Crippen molar-refractivity contribution in [1.82, 2.24) is 0 Å². The van der Waals surface area contributed by atoms with Crippen LogP contribution in [0.1, 0.15) is 49.9 Å². The zero-order chi connectivity index (χ0) is 20.7. The molecule has 2 aromatic rings. The molecule has 0 saturated carbocycles. The van der Waals surface area contributed by atoms with Crippen LogP contribution in [-0.4, -0.2) is 0 Å². The van der Waals surface area contributed by atoms with Crippen molar-refractivity contribution >= 4 is 0 Å². The molecule has 0 aliphatic carbocycles. The summed E-state index contributed by atoms with van der Waals surface area (Å²) in [4.78, 5) is 0. The highest BCUT2D eigenvalue weighted by Gasteiger charge is 2.22. The number of hydrogen-bond donors (Lipinski definition) is 0. The molecular formula is C27H30O. The minimum atomic E-state index is -0.483. The summed E-state index contributed by atoms with van der Waals surface area (Å²) >= 11 is 0. The van der Waals surface area contributed by atoms with E-state index in [0.717, 1.165) is 22.3 Å². The molecule has 0 heterocycles. The molecule has 0 aromatic heterocycles. The Labute approximate surface area is 170 Å². The van der Waals surface area contributed by atoms with Crippen molar-refractivity contribution in [3.8, 4) is 11.8 Å². The third kappa shape index (κ3) is 6.32. The number of rotatable bonds is 6. The van der Waals surface area contributed by atoms with Gasteiger partial charge >= 0.3 is 0 Å². The van der Waals surface area contributed by atoms with Gasteiger partial charge in [0, 0.05) is 11.1 Å². The molecule has 0 fully saturated rings. The van der Waals surface area contributed by atoms with Crippen LogP contribution in [0, 0.1) is 24.7 Å². The maximum absolute atomic E-state index is 6.08. The SMILES string of the molecule is C=C(/C=C\C(=C)C(C)C)OC(C)(C)c1ccc(C#Cc2ccc(C)cc2)cc1. The average Bonchev–Trinajstić information content (AvgIpc) is 2.65. The van der Waals surface area contributed by atoms with Gasteiger partial charge in [-0.1, -0.05) is 80.3 Å². The minimum Gasteiger partial charge on any atom is -0.484 e. The molecule has 0 spiro atoms. The fourth-order valence-corrected chi connectivity index (χ4v) is 2.55. The van der Waals surface area contributed by atoms with Gasteiger partial charge in [0.25, 0.3) is 0 Å². The highest BCUT2D eigenvalue weighted by Crippen LogP contribution is 2.28. The summed E-state index contributed by atoms with van der Waals surface area (Å²) in [5.74, 6) is 7.44. The molecule has 2 aromatic carbocycles. The van der Waals surface area contributed by atoms with Crippen LogP contribution in [0.15, 0.2) is 85.2 Å². The summed E-state index contributed by atoms with van der Waals surface area (Å²) in [5, 5.41) is 0. The monoisotopic (exact) mass is 370 g/mol. The quantitative estimate of drug-likeness (QED) is 0.304. The normalized spacial score (nSPS) is 11.2. The molecule has 0 saturated heterocycles. The van der Waals surface area contributed by atoms with E-state index in [-0.39, 0.29) is 0 Å². The third-order valence-electron chi connectivity index (χ3n) is 4.59. The lowest BCUT2D eigenvalue weighted by Crippen LogP contribution is -2.20. The van der Waals surface area contributed by atoms with Crippen molar-refractivity contribution in [2.45, 2.75) is 40.2 Å². The molecule has 0 radical (unpaired) electrons. The second kappa shape index (κ2) is 9.29. The largest absolute Gasteiger partial charge is 0.484 e. The van der Waals surface area contributed by atoms with Gasteiger partial charge in [0.2, 0.25) is 0 Å². The van der Waals surface area contributed by atoms with Crippen LogP contribution in [0.4, 0.5) is 0 Å². The molecule has 144 valence electrons. The average molecular weight is 371 g/mol. The first-order valence-electron chi connectivity index (χ1n) is 9.61. The molecule has 0 amide bonds. The van der Waals surface area contributed by atoms with Gasteiger partial charge in [-0.05, 0) is 62.6 Å². The third-order valence-corrected chi connectivity index (χ3v) is 4.59. The van der Waals surface area contributed by atoms with E-state index in [9.17, 15) is 0 Å². The van der Waals surface area contributed by atoms with Gasteiger partial charge in [-0.2, -0.15) is 0 Å². The van der Waals surface area contributed by atoms with Crippen LogP contribution in [0.5, 0.6) is 0 Å². The second-order valence-electron chi connectivity index (χ2n) is 7.84. The molecule has 0 unspecified atom stereocenters. The molecule has 0 N–H and O–H groups in total. The van der Waals surface area contributed by atoms with Crippen molar-refractivity contribution in [1.29, 1.82) is 0 Å². The van der Waals surface area contributed by atoms with Crippen LogP contribution >= 0.6 is 0 Å². The van der Waals surface area contributed by atoms with E-state index in [4.69, 9.17) is 4.74 Å². The highest BCUT2D eigenvalue weighted by atomic mass is 16.5. The Kier molecular flexibility index (Phi) is 7.07. The number of hydrogen-bond acceptors (Lipinski definition) is 1. The van der Waals surface area contributed by atoms with Crippen molar-refractivity contribution in [2.24, 2.45) is 5.92 Å². The fraction of sp³-hybridized carbons (Fsp3) is 0.259. The summed E-state index contributed by atoms with van der Waals surface area (Å²) in [6, 6.07) is 16.4. The van der Waals surface area contributed by atoms with E-state index in [1.807, 2.05) is 50.3 Å². The Balaban J connectivity index is 2.06. The van der Waals surface area contributed by atoms with E-state index in [1.54, 1.807) is 0 Å². The first kappa shape index (κ1) is 21.3. The van der Waals surface area contributed by atoms with Gasteiger partial charge in [0.1, 0.15) is 11.4 Å². The maximum atomic E-state index is 6.08. The summed E-state index contributed by atoms with van der Waals surface area (Å²) < 4.78 is 6.08. The summed E-state index contributed by atoms with van der Waals surface area (Å²) in [5.41, 5.74) is 4.88. The topological polar surface area (TPSA) is 9.23 Å². The van der Waals surface area contributed by atoms with Crippen LogP contribution < -0.4 is 0 Å². The number of ether oxygens (including phenoxy) is 1. The first-order chi connectivity index (χ1) is 13.2. The molecule has 0 aliphatic heterocycles. The highest BCUT2D eigenvalue weighted by molar-refractivity contribution is 5.44. The Bertz CT molecular complexity index is 911. The number of benzene rings is 2. The van der Waals surface area contributed by atoms with Crippen molar-refractivity contribution in [3.05, 3.63) is 107 Å². The molecule has 28 heavy (non-hydrogen) atoms. The Morgan fingerprint density at radius 3 is 1.89 bits per heavy atom. The lowest BCUT2D eigenvalue weighted by molar-refractivity contribution is 0.0399. The molecule has 0 aliphatic rings. The smallest absolute Gasteiger partial charge is 0.128 e. The van der Waals surface area contributed by atoms with Crippen molar-refractivity contribution < 1.29 is 4.74 Å². The van der Waals surface area contributed by atoms with E-state index in [1.165, 1.54) is 5.56 Å².